The van der Waals surface area contributed by atoms with E-state index in [-0.39, 0.29) is 5.28 Å². The zero-order chi connectivity index (χ0) is 14.1. The van der Waals surface area contributed by atoms with Gasteiger partial charge in [0.25, 0.3) is 0 Å². The SMILES string of the molecule is CCOc1ccccc1-n1ncc2c(N)nc(Cl)nc21. The number of nitrogen functional groups attached to an aromatic ring is 1. The minimum absolute atomic E-state index is 0.0886. The highest BCUT2D eigenvalue weighted by Crippen LogP contribution is 2.27. The molecule has 3 aromatic rings. The molecule has 0 aliphatic heterocycles. The number of halogens is 1. The van der Waals surface area contributed by atoms with Crippen LogP contribution in [0.5, 0.6) is 5.75 Å². The van der Waals surface area contributed by atoms with Crippen molar-refractivity contribution in [1.29, 1.82) is 0 Å². The van der Waals surface area contributed by atoms with E-state index >= 15 is 0 Å². The number of aromatic nitrogens is 4. The first-order chi connectivity index (χ1) is 9.70. The third-order valence-electron chi connectivity index (χ3n) is 2.82. The molecule has 0 bridgehead atoms. The standard InChI is InChI=1S/C13H12ClN5O/c1-2-20-10-6-4-3-5-9(10)19-12-8(7-16-19)11(15)17-13(14)18-12/h3-7H,2H2,1H3,(H2,15,17,18). The zero-order valence-electron chi connectivity index (χ0n) is 10.7. The van der Waals surface area contributed by atoms with Crippen molar-refractivity contribution in [2.75, 3.05) is 12.3 Å². The van der Waals surface area contributed by atoms with Crippen LogP contribution in [0.2, 0.25) is 5.28 Å². The van der Waals surface area contributed by atoms with Crippen LogP contribution in [0.1, 0.15) is 6.92 Å². The summed E-state index contributed by atoms with van der Waals surface area (Å²) in [4.78, 5) is 8.11. The van der Waals surface area contributed by atoms with E-state index in [1.165, 1.54) is 0 Å². The first kappa shape index (κ1) is 12.7. The van der Waals surface area contributed by atoms with Crippen LogP contribution in [0.15, 0.2) is 30.5 Å². The van der Waals surface area contributed by atoms with Gasteiger partial charge in [-0.15, -0.1) is 0 Å². The van der Waals surface area contributed by atoms with Gasteiger partial charge in [0.2, 0.25) is 5.28 Å². The van der Waals surface area contributed by atoms with Crippen LogP contribution in [0.25, 0.3) is 16.7 Å². The van der Waals surface area contributed by atoms with E-state index in [4.69, 9.17) is 22.1 Å². The summed E-state index contributed by atoms with van der Waals surface area (Å²) in [5, 5.41) is 5.05. The third kappa shape index (κ3) is 2.04. The molecule has 0 radical (unpaired) electrons. The fourth-order valence-corrected chi connectivity index (χ4v) is 2.16. The highest BCUT2D eigenvalue weighted by Gasteiger charge is 2.14. The maximum atomic E-state index is 5.87. The number of anilines is 1. The van der Waals surface area contributed by atoms with Gasteiger partial charge in [0.15, 0.2) is 5.65 Å². The van der Waals surface area contributed by atoms with Crippen molar-refractivity contribution in [3.8, 4) is 11.4 Å². The Kier molecular flexibility index (Phi) is 3.15. The molecule has 0 aliphatic carbocycles. The predicted molar refractivity (Wildman–Crippen MR) is 77.3 cm³/mol. The van der Waals surface area contributed by atoms with E-state index in [2.05, 4.69) is 15.1 Å². The zero-order valence-corrected chi connectivity index (χ0v) is 11.5. The van der Waals surface area contributed by atoms with Crippen molar-refractivity contribution < 1.29 is 4.74 Å². The van der Waals surface area contributed by atoms with Crippen molar-refractivity contribution in [3.63, 3.8) is 0 Å². The number of rotatable bonds is 3. The highest BCUT2D eigenvalue weighted by molar-refractivity contribution is 6.28. The summed E-state index contributed by atoms with van der Waals surface area (Å²) in [5.74, 6) is 1.02. The third-order valence-corrected chi connectivity index (χ3v) is 2.99. The summed E-state index contributed by atoms with van der Waals surface area (Å²) >= 11 is 5.87. The number of hydrogen-bond acceptors (Lipinski definition) is 5. The molecule has 2 N–H and O–H groups in total. The molecule has 0 saturated heterocycles. The van der Waals surface area contributed by atoms with Crippen LogP contribution in [0.4, 0.5) is 5.82 Å². The van der Waals surface area contributed by atoms with Gasteiger partial charge in [-0.3, -0.25) is 0 Å². The average Bonchev–Trinajstić information content (AvgIpc) is 2.83. The van der Waals surface area contributed by atoms with E-state index < -0.39 is 0 Å². The van der Waals surface area contributed by atoms with Crippen molar-refractivity contribution in [2.45, 2.75) is 6.92 Å². The maximum absolute atomic E-state index is 5.87. The highest BCUT2D eigenvalue weighted by atomic mass is 35.5. The van der Waals surface area contributed by atoms with Gasteiger partial charge in [-0.25, -0.2) is 9.67 Å². The van der Waals surface area contributed by atoms with E-state index in [0.29, 0.717) is 29.2 Å². The molecule has 20 heavy (non-hydrogen) atoms. The smallest absolute Gasteiger partial charge is 0.226 e. The Morgan fingerprint density at radius 3 is 2.90 bits per heavy atom. The number of nitrogens with zero attached hydrogens (tertiary/aromatic N) is 4. The molecule has 0 spiro atoms. The Balaban J connectivity index is 2.25. The lowest BCUT2D eigenvalue weighted by molar-refractivity contribution is 0.338. The van der Waals surface area contributed by atoms with Gasteiger partial charge in [0.05, 0.1) is 18.2 Å². The predicted octanol–water partition coefficient (Wildman–Crippen LogP) is 2.45. The van der Waals surface area contributed by atoms with Gasteiger partial charge < -0.3 is 10.5 Å². The number of para-hydroxylation sites is 2. The van der Waals surface area contributed by atoms with Crippen LogP contribution < -0.4 is 10.5 Å². The van der Waals surface area contributed by atoms with Crippen molar-refractivity contribution in [3.05, 3.63) is 35.7 Å². The first-order valence-corrected chi connectivity index (χ1v) is 6.47. The van der Waals surface area contributed by atoms with Gasteiger partial charge in [-0.1, -0.05) is 12.1 Å². The fourth-order valence-electron chi connectivity index (χ4n) is 1.99. The molecule has 0 amide bonds. The van der Waals surface area contributed by atoms with Crippen LogP contribution in [-0.4, -0.2) is 26.4 Å². The number of benzene rings is 1. The van der Waals surface area contributed by atoms with Crippen molar-refractivity contribution in [2.24, 2.45) is 0 Å². The van der Waals surface area contributed by atoms with Crippen LogP contribution in [0.3, 0.4) is 0 Å². The minimum Gasteiger partial charge on any atom is -0.492 e. The van der Waals surface area contributed by atoms with E-state index in [0.717, 1.165) is 5.69 Å². The number of ether oxygens (including phenoxy) is 1. The van der Waals surface area contributed by atoms with Crippen LogP contribution >= 0.6 is 11.6 Å². The lowest BCUT2D eigenvalue weighted by Crippen LogP contribution is -2.03. The van der Waals surface area contributed by atoms with Crippen molar-refractivity contribution >= 4 is 28.5 Å². The van der Waals surface area contributed by atoms with E-state index in [9.17, 15) is 0 Å². The lowest BCUT2D eigenvalue weighted by atomic mass is 10.3. The summed E-state index contributed by atoms with van der Waals surface area (Å²) in [6.45, 7) is 2.49. The molecule has 0 fully saturated rings. The molecule has 0 aliphatic rings. The van der Waals surface area contributed by atoms with Crippen LogP contribution in [0, 0.1) is 0 Å². The second-order valence-corrected chi connectivity index (χ2v) is 4.41. The van der Waals surface area contributed by atoms with Gasteiger partial charge in [0, 0.05) is 0 Å². The molecule has 2 heterocycles. The number of hydrogen-bond donors (Lipinski definition) is 1. The second kappa shape index (κ2) is 4.97. The largest absolute Gasteiger partial charge is 0.492 e. The minimum atomic E-state index is 0.0886. The van der Waals surface area contributed by atoms with Crippen LogP contribution in [-0.2, 0) is 0 Å². The number of nitrogens with two attached hydrogens (primary N) is 1. The van der Waals surface area contributed by atoms with Gasteiger partial charge in [-0.05, 0) is 30.7 Å². The van der Waals surface area contributed by atoms with Gasteiger partial charge >= 0.3 is 0 Å². The lowest BCUT2D eigenvalue weighted by Gasteiger charge is -2.10. The van der Waals surface area contributed by atoms with Gasteiger partial charge in [0.1, 0.15) is 17.3 Å². The Morgan fingerprint density at radius 1 is 1.30 bits per heavy atom. The summed E-state index contributed by atoms with van der Waals surface area (Å²) in [5.41, 5.74) is 7.15. The maximum Gasteiger partial charge on any atom is 0.226 e. The summed E-state index contributed by atoms with van der Waals surface area (Å²) < 4.78 is 7.24. The Bertz CT molecular complexity index is 771. The monoisotopic (exact) mass is 289 g/mol. The molecule has 6 nitrogen and oxygen atoms in total. The molecule has 1 aromatic carbocycles. The Morgan fingerprint density at radius 2 is 2.10 bits per heavy atom. The quantitative estimate of drug-likeness (QED) is 0.749. The molecular weight excluding hydrogens is 278 g/mol. The average molecular weight is 290 g/mol. The topological polar surface area (TPSA) is 78.9 Å². The summed E-state index contributed by atoms with van der Waals surface area (Å²) in [7, 11) is 0. The summed E-state index contributed by atoms with van der Waals surface area (Å²) in [6.07, 6.45) is 1.61. The fraction of sp³-hybridized carbons (Fsp3) is 0.154. The van der Waals surface area contributed by atoms with E-state index in [1.54, 1.807) is 10.9 Å². The van der Waals surface area contributed by atoms with E-state index in [1.807, 2.05) is 31.2 Å². The molecule has 0 saturated carbocycles. The Hall–Kier alpha value is -2.34. The van der Waals surface area contributed by atoms with Crippen molar-refractivity contribution in [1.82, 2.24) is 19.7 Å². The first-order valence-electron chi connectivity index (χ1n) is 6.09. The summed E-state index contributed by atoms with van der Waals surface area (Å²) in [6, 6.07) is 7.57. The molecule has 102 valence electrons. The molecule has 0 atom stereocenters. The number of fused-ring (bicyclic) bond motifs is 1. The molecule has 3 rings (SSSR count). The molecule has 7 heteroatoms. The van der Waals surface area contributed by atoms with Gasteiger partial charge in [-0.2, -0.15) is 10.1 Å². The molecular formula is C13H12ClN5O. The Labute approximate surface area is 120 Å². The molecule has 0 unspecified atom stereocenters. The molecule has 2 aromatic heterocycles. The normalized spacial score (nSPS) is 10.9. The second-order valence-electron chi connectivity index (χ2n) is 4.07.